The van der Waals surface area contributed by atoms with Crippen LogP contribution in [-0.4, -0.2) is 98.3 Å². The smallest absolute Gasteiger partial charge is 0.462 e. The molecule has 14 heteroatoms. The zero-order valence-corrected chi connectivity index (χ0v) is 46.6. The highest BCUT2D eigenvalue weighted by molar-refractivity contribution is 7.47. The molecule has 13 nitrogen and oxygen atoms in total. The number of esters is 2. The molecule has 6 unspecified atom stereocenters. The van der Waals surface area contributed by atoms with Gasteiger partial charge in [0.25, 0.3) is 0 Å². The van der Waals surface area contributed by atoms with Gasteiger partial charge < -0.3 is 39.9 Å². The van der Waals surface area contributed by atoms with Gasteiger partial charge in [0.2, 0.25) is 0 Å². The quantitative estimate of drug-likeness (QED) is 0.0145. The number of aliphatic hydroxyl groups excluding tert-OH is 5. The Kier molecular flexibility index (Phi) is 45.0. The van der Waals surface area contributed by atoms with Crippen molar-refractivity contribution in [1.29, 1.82) is 0 Å². The van der Waals surface area contributed by atoms with E-state index in [-0.39, 0.29) is 12.8 Å². The molecule has 1 aliphatic rings. The van der Waals surface area contributed by atoms with Crippen LogP contribution in [0.1, 0.15) is 245 Å². The minimum absolute atomic E-state index is 0.0368. The summed E-state index contributed by atoms with van der Waals surface area (Å²) >= 11 is 0. The molecule has 0 bridgehead atoms. The first-order valence-electron chi connectivity index (χ1n) is 29.1. The van der Waals surface area contributed by atoms with Gasteiger partial charge in [-0.3, -0.25) is 18.6 Å². The van der Waals surface area contributed by atoms with E-state index in [9.17, 15) is 44.6 Å². The lowest BCUT2D eigenvalue weighted by molar-refractivity contribution is -0.220. The summed E-state index contributed by atoms with van der Waals surface area (Å²) < 4.78 is 33.6. The molecule has 0 radical (unpaired) electrons. The average Bonchev–Trinajstić information content (AvgIpc) is 3.37. The molecule has 1 aliphatic carbocycles. The molecular formula is C59H105O13P. The molecule has 73 heavy (non-hydrogen) atoms. The normalized spacial score (nSPS) is 20.8. The number of hydrogen-bond donors (Lipinski definition) is 6. The van der Waals surface area contributed by atoms with Crippen LogP contribution in [-0.2, 0) is 32.7 Å². The number of phosphoric ester groups is 1. The molecule has 1 saturated carbocycles. The van der Waals surface area contributed by atoms with Crippen molar-refractivity contribution in [2.45, 2.75) is 288 Å². The summed E-state index contributed by atoms with van der Waals surface area (Å²) in [6.45, 7) is 3.28. The van der Waals surface area contributed by atoms with Crippen LogP contribution < -0.4 is 0 Å². The van der Waals surface area contributed by atoms with Crippen LogP contribution in [0.15, 0.2) is 60.8 Å². The summed E-state index contributed by atoms with van der Waals surface area (Å²) in [6, 6.07) is 0. The molecule has 1 rings (SSSR count). The third kappa shape index (κ3) is 39.6. The minimum Gasteiger partial charge on any atom is -0.462 e. The number of carbonyl (C=O) groups excluding carboxylic acids is 2. The van der Waals surface area contributed by atoms with E-state index in [1.807, 2.05) is 18.2 Å². The molecule has 0 spiro atoms. The predicted octanol–water partition coefficient (Wildman–Crippen LogP) is 13.6. The standard InChI is InChI=1S/C59H105O13P/c1-3-5-7-9-11-13-15-17-19-21-23-25-26-28-30-32-34-36-38-40-42-44-46-48-53(61)71-51(50-70-73(67,68)72-59-57(65)55(63)54(62)56(64)58(59)66)49-69-52(60)47-45-43-41-39-37-35-33-31-29-27-24-22-20-18-16-14-12-10-8-6-4-2/h20,22,27,29,33,35,39-42,51,54-59,62-66H,3-19,21,23-26,28,30-32,34,36-38,43-50H2,1-2H3,(H,67,68)/b22-20+,29-27+,35-33+,41-39+,42-40+/t51-,54?,55-,56?,57?,58?,59?/m1/s1. The third-order valence-corrected chi connectivity index (χ3v) is 14.3. The molecule has 0 amide bonds. The molecule has 0 aromatic rings. The molecule has 1 fully saturated rings. The molecule has 0 aromatic heterocycles. The first-order chi connectivity index (χ1) is 35.4. The minimum atomic E-state index is -5.15. The van der Waals surface area contributed by atoms with E-state index in [0.29, 0.717) is 25.7 Å². The number of unbranched alkanes of at least 4 members (excludes halogenated alkanes) is 27. The average molecular weight is 1050 g/mol. The number of carbonyl (C=O) groups is 2. The van der Waals surface area contributed by atoms with Gasteiger partial charge in [0, 0.05) is 12.8 Å². The van der Waals surface area contributed by atoms with E-state index in [1.165, 1.54) is 154 Å². The molecular weight excluding hydrogens is 948 g/mol. The van der Waals surface area contributed by atoms with E-state index in [4.69, 9.17) is 18.5 Å². The van der Waals surface area contributed by atoms with E-state index in [1.54, 1.807) is 0 Å². The SMILES string of the molecule is CCCCCCCCC/C=C/C/C=C/C/C=C/C/C=C/CCCC(=O)OC[C@H](COP(=O)(O)OC1C(O)C(O)C(O)[C@@H](O)C1O)OC(=O)CCC/C=C/CCCCCCCCCCCCCCCCCCCC. The summed E-state index contributed by atoms with van der Waals surface area (Å²) in [6.07, 6.45) is 48.6. The molecule has 0 aliphatic heterocycles. The Bertz CT molecular complexity index is 1500. The van der Waals surface area contributed by atoms with Crippen LogP contribution in [0.2, 0.25) is 0 Å². The van der Waals surface area contributed by atoms with Gasteiger partial charge in [0.05, 0.1) is 6.61 Å². The second-order valence-corrected chi connectivity index (χ2v) is 21.5. The van der Waals surface area contributed by atoms with Gasteiger partial charge in [-0.25, -0.2) is 4.57 Å². The van der Waals surface area contributed by atoms with Crippen molar-refractivity contribution in [2.75, 3.05) is 13.2 Å². The van der Waals surface area contributed by atoms with Crippen molar-refractivity contribution in [2.24, 2.45) is 0 Å². The lowest BCUT2D eigenvalue weighted by atomic mass is 9.85. The van der Waals surface area contributed by atoms with Gasteiger partial charge >= 0.3 is 19.8 Å². The summed E-state index contributed by atoms with van der Waals surface area (Å²) in [4.78, 5) is 35.9. The van der Waals surface area contributed by atoms with Crippen LogP contribution in [0, 0.1) is 0 Å². The van der Waals surface area contributed by atoms with Crippen molar-refractivity contribution < 1.29 is 63.1 Å². The third-order valence-electron chi connectivity index (χ3n) is 13.3. The van der Waals surface area contributed by atoms with Gasteiger partial charge in [0.15, 0.2) is 6.10 Å². The first-order valence-corrected chi connectivity index (χ1v) is 30.6. The molecule has 424 valence electrons. The maximum Gasteiger partial charge on any atom is 0.472 e. The van der Waals surface area contributed by atoms with Crippen molar-refractivity contribution in [3.63, 3.8) is 0 Å². The van der Waals surface area contributed by atoms with E-state index >= 15 is 0 Å². The lowest BCUT2D eigenvalue weighted by Crippen LogP contribution is -2.64. The van der Waals surface area contributed by atoms with Gasteiger partial charge in [-0.1, -0.05) is 222 Å². The Morgan fingerprint density at radius 1 is 0.425 bits per heavy atom. The van der Waals surface area contributed by atoms with Crippen LogP contribution in [0.5, 0.6) is 0 Å². The second kappa shape index (κ2) is 48.0. The lowest BCUT2D eigenvalue weighted by Gasteiger charge is -2.41. The molecule has 6 N–H and O–H groups in total. The Hall–Kier alpha value is -2.45. The Labute approximate surface area is 443 Å². The Morgan fingerprint density at radius 3 is 1.14 bits per heavy atom. The van der Waals surface area contributed by atoms with E-state index in [0.717, 1.165) is 38.5 Å². The van der Waals surface area contributed by atoms with Crippen LogP contribution in [0.25, 0.3) is 0 Å². The number of phosphoric acid groups is 1. The summed E-state index contributed by atoms with van der Waals surface area (Å²) in [5, 5.41) is 50.4. The fourth-order valence-electron chi connectivity index (χ4n) is 8.70. The van der Waals surface area contributed by atoms with Gasteiger partial charge in [-0.2, -0.15) is 0 Å². The largest absolute Gasteiger partial charge is 0.472 e. The molecule has 0 saturated heterocycles. The highest BCUT2D eigenvalue weighted by Crippen LogP contribution is 2.47. The molecule has 0 aromatic carbocycles. The Balaban J connectivity index is 2.39. The van der Waals surface area contributed by atoms with Crippen molar-refractivity contribution in [3.8, 4) is 0 Å². The van der Waals surface area contributed by atoms with Gasteiger partial charge in [0.1, 0.15) is 43.2 Å². The topological polar surface area (TPSA) is 210 Å². The number of ether oxygens (including phenoxy) is 2. The van der Waals surface area contributed by atoms with Gasteiger partial charge in [-0.15, -0.1) is 0 Å². The van der Waals surface area contributed by atoms with Gasteiger partial charge in [-0.05, 0) is 70.6 Å². The van der Waals surface area contributed by atoms with E-state index < -0.39 is 75.7 Å². The zero-order chi connectivity index (χ0) is 53.5. The first kappa shape index (κ1) is 68.6. The highest BCUT2D eigenvalue weighted by atomic mass is 31.2. The van der Waals surface area contributed by atoms with Crippen LogP contribution in [0.4, 0.5) is 0 Å². The second-order valence-electron chi connectivity index (χ2n) is 20.1. The Morgan fingerprint density at radius 2 is 0.740 bits per heavy atom. The molecule has 0 heterocycles. The summed E-state index contributed by atoms with van der Waals surface area (Å²) in [5.41, 5.74) is 0. The highest BCUT2D eigenvalue weighted by Gasteiger charge is 2.51. The van der Waals surface area contributed by atoms with Crippen LogP contribution in [0.3, 0.4) is 0 Å². The number of aliphatic hydroxyl groups is 5. The van der Waals surface area contributed by atoms with Crippen LogP contribution >= 0.6 is 7.82 Å². The monoisotopic (exact) mass is 1050 g/mol. The fourth-order valence-corrected chi connectivity index (χ4v) is 9.67. The number of hydrogen-bond acceptors (Lipinski definition) is 12. The number of rotatable bonds is 49. The molecule has 8 atom stereocenters. The summed E-state index contributed by atoms with van der Waals surface area (Å²) in [5.74, 6) is -1.20. The maximum absolute atomic E-state index is 12.9. The van der Waals surface area contributed by atoms with Crippen molar-refractivity contribution in [3.05, 3.63) is 60.8 Å². The summed E-state index contributed by atoms with van der Waals surface area (Å²) in [7, 11) is -5.15. The van der Waals surface area contributed by atoms with E-state index in [2.05, 4.69) is 56.4 Å². The fraction of sp³-hybridized carbons (Fsp3) is 0.797. The number of allylic oxidation sites excluding steroid dienone is 10. The maximum atomic E-state index is 12.9. The van der Waals surface area contributed by atoms with Crippen molar-refractivity contribution in [1.82, 2.24) is 0 Å². The zero-order valence-electron chi connectivity index (χ0n) is 45.7. The predicted molar refractivity (Wildman–Crippen MR) is 295 cm³/mol. The van der Waals surface area contributed by atoms with Crippen molar-refractivity contribution >= 4 is 19.8 Å².